The molecule has 1 fully saturated rings. The summed E-state index contributed by atoms with van der Waals surface area (Å²) in [6.45, 7) is -0.258. The van der Waals surface area contributed by atoms with E-state index >= 15 is 0 Å². The number of nitrogens with zero attached hydrogens (tertiary/aromatic N) is 1. The van der Waals surface area contributed by atoms with Crippen LogP contribution in [0.1, 0.15) is 0 Å². The van der Waals surface area contributed by atoms with Gasteiger partial charge in [-0.2, -0.15) is 0 Å². The topological polar surface area (TPSA) is 218 Å². The number of aliphatic hydroxyl groups excluding tert-OH is 7. The largest absolute Gasteiger partial charge is 0.469 e. The van der Waals surface area contributed by atoms with E-state index in [1.807, 2.05) is 0 Å². The molecule has 14 heteroatoms. The molecule has 6 atom stereocenters. The molecule has 1 rings (SSSR count). The zero-order valence-electron chi connectivity index (χ0n) is 15.1. The van der Waals surface area contributed by atoms with Crippen LogP contribution in [0.4, 0.5) is 0 Å². The van der Waals surface area contributed by atoms with Crippen molar-refractivity contribution < 1.29 is 63.8 Å². The number of phosphoric acid groups is 1. The summed E-state index contributed by atoms with van der Waals surface area (Å²) in [5.41, 5.74) is 0. The number of hydrogen-bond acceptors (Lipinski definition) is 10. The van der Waals surface area contributed by atoms with Crippen molar-refractivity contribution in [3.05, 3.63) is 0 Å². The molecule has 0 aromatic heterocycles. The molecule has 13 nitrogen and oxygen atoms in total. The molecule has 27 heavy (non-hydrogen) atoms. The lowest BCUT2D eigenvalue weighted by Gasteiger charge is -2.37. The van der Waals surface area contributed by atoms with E-state index in [0.29, 0.717) is 11.0 Å². The van der Waals surface area contributed by atoms with Crippen LogP contribution in [-0.4, -0.2) is 134 Å². The van der Waals surface area contributed by atoms with E-state index in [4.69, 9.17) is 40.4 Å². The number of quaternary nitrogens is 1. The zero-order chi connectivity index (χ0) is 21.4. The monoisotopic (exact) mass is 424 g/mol. The molecule has 1 saturated heterocycles. The Morgan fingerprint density at radius 1 is 1.07 bits per heavy atom. The number of rotatable bonds is 8. The fraction of sp³-hybridized carbons (Fsp3) is 1.00. The second kappa shape index (κ2) is 11.7. The molecule has 1 unspecified atom stereocenters. The van der Waals surface area contributed by atoms with Crippen molar-refractivity contribution in [3.63, 3.8) is 0 Å². The van der Waals surface area contributed by atoms with Crippen LogP contribution in [0, 0.1) is 0 Å². The highest BCUT2D eigenvalue weighted by Gasteiger charge is 2.42. The molecule has 1 aliphatic rings. The van der Waals surface area contributed by atoms with Crippen LogP contribution in [0.25, 0.3) is 0 Å². The summed E-state index contributed by atoms with van der Waals surface area (Å²) in [7, 11) is -0.940. The fourth-order valence-electron chi connectivity index (χ4n) is 2.25. The summed E-state index contributed by atoms with van der Waals surface area (Å²) in [5, 5.41) is 62.8. The van der Waals surface area contributed by atoms with Gasteiger partial charge in [0.05, 0.1) is 33.9 Å². The van der Waals surface area contributed by atoms with Crippen molar-refractivity contribution in [1.82, 2.24) is 0 Å². The van der Waals surface area contributed by atoms with Crippen LogP contribution in [0.15, 0.2) is 0 Å². The van der Waals surface area contributed by atoms with Gasteiger partial charge in [-0.05, 0) is 0 Å². The second-order valence-electron chi connectivity index (χ2n) is 6.73. The van der Waals surface area contributed by atoms with Gasteiger partial charge in [-0.1, -0.05) is 0 Å². The predicted octanol–water partition coefficient (Wildman–Crippen LogP) is -4.70. The van der Waals surface area contributed by atoms with Crippen LogP contribution in [0.2, 0.25) is 0 Å². The molecular weight excluding hydrogens is 393 g/mol. The summed E-state index contributed by atoms with van der Waals surface area (Å²) >= 11 is 0. The van der Waals surface area contributed by atoms with Gasteiger partial charge in [0, 0.05) is 0 Å². The fourth-order valence-corrected chi connectivity index (χ4v) is 2.62. The Morgan fingerprint density at radius 2 is 1.63 bits per heavy atom. The lowest BCUT2D eigenvalue weighted by atomic mass is 10.00. The van der Waals surface area contributed by atoms with Gasteiger partial charge in [-0.25, -0.2) is 4.57 Å². The molecule has 1 aliphatic heterocycles. The molecule has 0 aliphatic carbocycles. The number of ether oxygens (including phenoxy) is 1. The Kier molecular flexibility index (Phi) is 11.6. The highest BCUT2D eigenvalue weighted by molar-refractivity contribution is 7.46. The molecule has 0 amide bonds. The van der Waals surface area contributed by atoms with E-state index in [-0.39, 0.29) is 13.2 Å². The normalized spacial score (nSPS) is 30.4. The average molecular weight is 424 g/mol. The predicted molar refractivity (Wildman–Crippen MR) is 88.9 cm³/mol. The Bertz CT molecular complexity index is 456. The first-order valence-electron chi connectivity index (χ1n) is 8.03. The Labute approximate surface area is 156 Å². The Morgan fingerprint density at radius 3 is 2.07 bits per heavy atom. The molecule has 0 aromatic rings. The molecule has 164 valence electrons. The minimum atomic E-state index is -4.52. The molecule has 9 N–H and O–H groups in total. The SMILES string of the molecule is C[N+](C)(CCO)CC(O)COP(=O)(O)O.OC[C@H]1O[C@H](O)[C@H](O)[C@@H](O)[C@@H]1O. The zero-order valence-corrected chi connectivity index (χ0v) is 16.0. The highest BCUT2D eigenvalue weighted by atomic mass is 31.2. The number of phosphoric ester groups is 1. The third kappa shape index (κ3) is 10.8. The molecule has 0 radical (unpaired) electrons. The summed E-state index contributed by atoms with van der Waals surface area (Å²) in [6.07, 6.45) is -8.01. The quantitative estimate of drug-likeness (QED) is 0.133. The maximum atomic E-state index is 10.3. The van der Waals surface area contributed by atoms with E-state index in [9.17, 15) is 9.67 Å². The standard InChI is InChI=1S/C7H18NO6P.C6H12O6/c1-8(2,3-4-9)5-7(10)6-14-15(11,12)13;7-1-2-3(8)4(9)5(10)6(11)12-2/h7,9-10H,3-6H2,1-2H3,(H-,11,12,13);2-11H,1H2/p+1/t;2-,3-,4+,5-,6+/m.1/s1. The van der Waals surface area contributed by atoms with Crippen molar-refractivity contribution in [1.29, 1.82) is 0 Å². The number of aliphatic hydroxyl groups is 7. The summed E-state index contributed by atoms with van der Waals surface area (Å²) in [6, 6.07) is 0. The number of likely N-dealkylation sites (N-methyl/N-ethyl adjacent to an activating group) is 1. The summed E-state index contributed by atoms with van der Waals surface area (Å²) in [4.78, 5) is 16.8. The number of hydrogen-bond donors (Lipinski definition) is 9. The maximum Gasteiger partial charge on any atom is 0.469 e. The minimum absolute atomic E-state index is 0.0148. The smallest absolute Gasteiger partial charge is 0.394 e. The minimum Gasteiger partial charge on any atom is -0.394 e. The van der Waals surface area contributed by atoms with Crippen LogP contribution >= 0.6 is 7.82 Å². The third-order valence-electron chi connectivity index (χ3n) is 3.71. The van der Waals surface area contributed by atoms with Crippen LogP contribution in [-0.2, 0) is 13.8 Å². The first kappa shape index (κ1) is 26.8. The first-order valence-corrected chi connectivity index (χ1v) is 9.56. The van der Waals surface area contributed by atoms with Crippen molar-refractivity contribution in [2.75, 3.05) is 47.0 Å². The maximum absolute atomic E-state index is 10.3. The van der Waals surface area contributed by atoms with Gasteiger partial charge in [0.1, 0.15) is 43.6 Å². The highest BCUT2D eigenvalue weighted by Crippen LogP contribution is 2.35. The molecule has 0 saturated carbocycles. The van der Waals surface area contributed by atoms with E-state index in [2.05, 4.69) is 9.26 Å². The van der Waals surface area contributed by atoms with Gasteiger partial charge in [0.15, 0.2) is 6.29 Å². The van der Waals surface area contributed by atoms with E-state index < -0.39 is 57.8 Å². The van der Waals surface area contributed by atoms with Crippen molar-refractivity contribution in [2.24, 2.45) is 0 Å². The molecule has 1 heterocycles. The molecule has 0 aromatic carbocycles. The lowest BCUT2D eigenvalue weighted by molar-refractivity contribution is -0.893. The summed E-state index contributed by atoms with van der Waals surface area (Å²) in [5.74, 6) is 0. The summed E-state index contributed by atoms with van der Waals surface area (Å²) < 4.78 is 19.4. The van der Waals surface area contributed by atoms with Crippen LogP contribution in [0.3, 0.4) is 0 Å². The van der Waals surface area contributed by atoms with Crippen LogP contribution < -0.4 is 0 Å². The van der Waals surface area contributed by atoms with E-state index in [1.54, 1.807) is 14.1 Å². The van der Waals surface area contributed by atoms with E-state index in [1.165, 1.54) is 0 Å². The third-order valence-corrected chi connectivity index (χ3v) is 4.20. The van der Waals surface area contributed by atoms with Gasteiger partial charge in [-0.3, -0.25) is 4.52 Å². The van der Waals surface area contributed by atoms with E-state index in [0.717, 1.165) is 0 Å². The molecule has 0 bridgehead atoms. The van der Waals surface area contributed by atoms with Crippen LogP contribution in [0.5, 0.6) is 0 Å². The van der Waals surface area contributed by atoms with Crippen molar-refractivity contribution in [3.8, 4) is 0 Å². The van der Waals surface area contributed by atoms with Crippen molar-refractivity contribution in [2.45, 2.75) is 36.8 Å². The second-order valence-corrected chi connectivity index (χ2v) is 7.96. The Hall–Kier alpha value is -0.250. The molecular formula is C13H31NO12P+. The van der Waals surface area contributed by atoms with Gasteiger partial charge in [0.25, 0.3) is 0 Å². The van der Waals surface area contributed by atoms with Gasteiger partial charge in [-0.15, -0.1) is 0 Å². The van der Waals surface area contributed by atoms with Gasteiger partial charge in [0.2, 0.25) is 0 Å². The average Bonchev–Trinajstić information content (AvgIpc) is 2.54. The van der Waals surface area contributed by atoms with Crippen molar-refractivity contribution >= 4 is 7.82 Å². The van der Waals surface area contributed by atoms with Gasteiger partial charge < -0.3 is 54.8 Å². The Balaban J connectivity index is 0.000000511. The molecule has 0 spiro atoms. The first-order chi connectivity index (χ1) is 12.2. The van der Waals surface area contributed by atoms with Gasteiger partial charge >= 0.3 is 7.82 Å². The lowest BCUT2D eigenvalue weighted by Crippen LogP contribution is -2.58.